The molecule has 2 aliphatic rings. The first-order chi connectivity index (χ1) is 10.6. The lowest BCUT2D eigenvalue weighted by Gasteiger charge is -2.49. The average Bonchev–Trinajstić information content (AvgIpc) is 2.67. The second-order valence-electron chi connectivity index (χ2n) is 9.68. The minimum atomic E-state index is -1.94. The molecule has 0 spiro atoms. The van der Waals surface area contributed by atoms with Crippen molar-refractivity contribution in [3.63, 3.8) is 0 Å². The number of hydrogen-bond acceptors (Lipinski definition) is 6. The highest BCUT2D eigenvalue weighted by Gasteiger charge is 2.62. The van der Waals surface area contributed by atoms with Gasteiger partial charge in [0.05, 0.1) is 0 Å². The number of ether oxygens (including phenoxy) is 2. The number of fused-ring (bicyclic) bond motifs is 2. The third-order valence-electron chi connectivity index (χ3n) is 3.57. The molecule has 0 amide bonds. The van der Waals surface area contributed by atoms with E-state index in [9.17, 15) is 5.11 Å². The van der Waals surface area contributed by atoms with E-state index in [1.807, 2.05) is 0 Å². The van der Waals surface area contributed by atoms with Gasteiger partial charge < -0.3 is 27.9 Å². The van der Waals surface area contributed by atoms with Crippen LogP contribution in [-0.2, 0) is 22.8 Å². The van der Waals surface area contributed by atoms with E-state index in [-0.39, 0.29) is 18.8 Å². The standard InChI is InChI=1S/C15H34O6Si3/c1-22(2,3)19-11-12(20-23(4,5)6)14-17-10-15(16,18-14)13(11)21-24(7,8)9/h11-14,16H,10H2,1-9H3/t11-,12-,13+,14+,15+/m1/s1. The van der Waals surface area contributed by atoms with Gasteiger partial charge in [-0.15, -0.1) is 0 Å². The molecule has 1 N–H and O–H groups in total. The summed E-state index contributed by atoms with van der Waals surface area (Å²) < 4.78 is 30.7. The van der Waals surface area contributed by atoms with Gasteiger partial charge >= 0.3 is 0 Å². The first kappa shape index (κ1) is 20.7. The summed E-state index contributed by atoms with van der Waals surface area (Å²) in [7, 11) is -5.70. The van der Waals surface area contributed by atoms with E-state index in [0.29, 0.717) is 0 Å². The third kappa shape index (κ3) is 5.21. The topological polar surface area (TPSA) is 66.4 Å². The second kappa shape index (κ2) is 6.54. The Kier molecular flexibility index (Phi) is 5.64. The minimum Gasteiger partial charge on any atom is -0.409 e. The van der Waals surface area contributed by atoms with Gasteiger partial charge in [0.1, 0.15) is 24.9 Å². The van der Waals surface area contributed by atoms with Gasteiger partial charge in [0.25, 0.3) is 0 Å². The molecule has 2 fully saturated rings. The van der Waals surface area contributed by atoms with Crippen LogP contribution in [0.2, 0.25) is 58.9 Å². The summed E-state index contributed by atoms with van der Waals surface area (Å²) in [4.78, 5) is 0. The molecule has 9 heteroatoms. The highest BCUT2D eigenvalue weighted by Crippen LogP contribution is 2.42. The molecule has 0 aliphatic carbocycles. The Balaban J connectivity index is 2.38. The summed E-state index contributed by atoms with van der Waals surface area (Å²) >= 11 is 0. The minimum absolute atomic E-state index is 0.0872. The van der Waals surface area contributed by atoms with Gasteiger partial charge in [0, 0.05) is 0 Å². The fourth-order valence-electron chi connectivity index (χ4n) is 2.97. The van der Waals surface area contributed by atoms with Crippen molar-refractivity contribution in [1.82, 2.24) is 0 Å². The Morgan fingerprint density at radius 3 is 1.71 bits per heavy atom. The summed E-state index contributed by atoms with van der Waals surface area (Å²) in [5.41, 5.74) is 0. The van der Waals surface area contributed by atoms with Crippen LogP contribution in [0.5, 0.6) is 0 Å². The fraction of sp³-hybridized carbons (Fsp3) is 1.00. The quantitative estimate of drug-likeness (QED) is 0.699. The van der Waals surface area contributed by atoms with E-state index >= 15 is 0 Å². The van der Waals surface area contributed by atoms with Crippen LogP contribution in [0.25, 0.3) is 0 Å². The molecule has 2 bridgehead atoms. The van der Waals surface area contributed by atoms with Crippen LogP contribution in [-0.4, -0.2) is 67.1 Å². The molecule has 2 heterocycles. The lowest BCUT2D eigenvalue weighted by molar-refractivity contribution is -0.311. The molecule has 0 aromatic rings. The van der Waals surface area contributed by atoms with Crippen LogP contribution >= 0.6 is 0 Å². The Labute approximate surface area is 149 Å². The predicted molar refractivity (Wildman–Crippen MR) is 100 cm³/mol. The lowest BCUT2D eigenvalue weighted by atomic mass is 9.98. The molecule has 0 radical (unpaired) electrons. The summed E-state index contributed by atoms with van der Waals surface area (Å²) in [6.07, 6.45) is -1.98. The van der Waals surface area contributed by atoms with Crippen molar-refractivity contribution in [1.29, 1.82) is 0 Å². The van der Waals surface area contributed by atoms with Gasteiger partial charge in [-0.1, -0.05) is 0 Å². The molecular weight excluding hydrogens is 360 g/mol. The molecule has 142 valence electrons. The van der Waals surface area contributed by atoms with Crippen LogP contribution in [0.15, 0.2) is 0 Å². The Bertz CT molecular complexity index is 456. The van der Waals surface area contributed by atoms with E-state index in [1.165, 1.54) is 0 Å². The smallest absolute Gasteiger partial charge is 0.220 e. The molecular formula is C15H34O6Si3. The summed E-state index contributed by atoms with van der Waals surface area (Å²) in [5.74, 6) is -1.46. The predicted octanol–water partition coefficient (Wildman–Crippen LogP) is 2.72. The van der Waals surface area contributed by atoms with Gasteiger partial charge in [-0.2, -0.15) is 0 Å². The van der Waals surface area contributed by atoms with E-state index < -0.39 is 43.1 Å². The lowest BCUT2D eigenvalue weighted by Crippen LogP contribution is -2.67. The molecule has 0 saturated carbocycles. The van der Waals surface area contributed by atoms with Gasteiger partial charge in [-0.25, -0.2) is 0 Å². The third-order valence-corrected chi connectivity index (χ3v) is 6.49. The first-order valence-electron chi connectivity index (χ1n) is 8.65. The van der Waals surface area contributed by atoms with Crippen LogP contribution in [0.3, 0.4) is 0 Å². The van der Waals surface area contributed by atoms with Crippen LogP contribution in [0.1, 0.15) is 0 Å². The highest BCUT2D eigenvalue weighted by atomic mass is 28.4. The molecule has 0 unspecified atom stereocenters. The van der Waals surface area contributed by atoms with Gasteiger partial charge in [-0.3, -0.25) is 0 Å². The number of rotatable bonds is 6. The zero-order chi connectivity index (χ0) is 18.6. The van der Waals surface area contributed by atoms with Crippen molar-refractivity contribution < 1.29 is 27.9 Å². The van der Waals surface area contributed by atoms with E-state index in [1.54, 1.807) is 0 Å². The van der Waals surface area contributed by atoms with Crippen molar-refractivity contribution in [3.8, 4) is 0 Å². The summed E-state index contributed by atoms with van der Waals surface area (Å²) in [6.45, 7) is 19.2. The largest absolute Gasteiger partial charge is 0.409 e. The molecule has 2 saturated heterocycles. The van der Waals surface area contributed by atoms with Crippen LogP contribution < -0.4 is 0 Å². The van der Waals surface area contributed by atoms with Crippen molar-refractivity contribution in [2.75, 3.05) is 6.61 Å². The second-order valence-corrected chi connectivity index (χ2v) is 23.1. The molecule has 0 aromatic heterocycles. The first-order valence-corrected chi connectivity index (χ1v) is 18.9. The molecule has 0 aromatic carbocycles. The molecule has 5 atom stereocenters. The van der Waals surface area contributed by atoms with Crippen LogP contribution in [0, 0.1) is 0 Å². The Morgan fingerprint density at radius 1 is 0.792 bits per heavy atom. The van der Waals surface area contributed by atoms with Gasteiger partial charge in [0.15, 0.2) is 31.2 Å². The Morgan fingerprint density at radius 2 is 1.25 bits per heavy atom. The molecule has 6 nitrogen and oxygen atoms in total. The number of hydrogen-bond donors (Lipinski definition) is 1. The number of aliphatic hydroxyl groups is 1. The van der Waals surface area contributed by atoms with Crippen LogP contribution in [0.4, 0.5) is 0 Å². The summed E-state index contributed by atoms with van der Waals surface area (Å²) in [5, 5.41) is 11.0. The van der Waals surface area contributed by atoms with Crippen molar-refractivity contribution >= 4 is 25.0 Å². The molecule has 2 rings (SSSR count). The fourth-order valence-corrected chi connectivity index (χ4v) is 6.19. The van der Waals surface area contributed by atoms with Gasteiger partial charge in [0.2, 0.25) is 5.79 Å². The zero-order valence-corrected chi connectivity index (χ0v) is 19.5. The van der Waals surface area contributed by atoms with E-state index in [0.717, 1.165) is 0 Å². The zero-order valence-electron chi connectivity index (χ0n) is 16.5. The highest BCUT2D eigenvalue weighted by molar-refractivity contribution is 6.70. The van der Waals surface area contributed by atoms with E-state index in [4.69, 9.17) is 22.8 Å². The maximum Gasteiger partial charge on any atom is 0.220 e. The molecule has 2 aliphatic heterocycles. The SMILES string of the molecule is C[Si](C)(C)O[C@@H]1[C@@H](O[Si](C)(C)C)[C@H]2OC[C@](O)(O2)[C@H]1O[Si](C)(C)C. The van der Waals surface area contributed by atoms with Crippen molar-refractivity contribution in [2.45, 2.75) is 89.3 Å². The normalized spacial score (nSPS) is 37.8. The monoisotopic (exact) mass is 394 g/mol. The maximum absolute atomic E-state index is 11.0. The maximum atomic E-state index is 11.0. The molecule has 24 heavy (non-hydrogen) atoms. The van der Waals surface area contributed by atoms with Crippen molar-refractivity contribution in [3.05, 3.63) is 0 Å². The van der Waals surface area contributed by atoms with Crippen molar-refractivity contribution in [2.24, 2.45) is 0 Å². The Hall–Kier alpha value is 0.411. The van der Waals surface area contributed by atoms with Gasteiger partial charge in [-0.05, 0) is 58.9 Å². The van der Waals surface area contributed by atoms with E-state index in [2.05, 4.69) is 58.9 Å². The average molecular weight is 395 g/mol. The summed E-state index contributed by atoms with van der Waals surface area (Å²) in [6, 6.07) is 0.